The van der Waals surface area contributed by atoms with Crippen molar-refractivity contribution >= 4 is 39.1 Å². The zero-order chi connectivity index (χ0) is 21.4. The molecule has 0 atom stereocenters. The van der Waals surface area contributed by atoms with E-state index in [2.05, 4.69) is 42.7 Å². The fourth-order valence-electron chi connectivity index (χ4n) is 3.32. The summed E-state index contributed by atoms with van der Waals surface area (Å²) < 4.78 is 8.39. The molecule has 5 nitrogen and oxygen atoms in total. The van der Waals surface area contributed by atoms with Gasteiger partial charge in [0.05, 0.1) is 15.2 Å². The van der Waals surface area contributed by atoms with Crippen LogP contribution in [-0.4, -0.2) is 15.6 Å². The van der Waals surface area contributed by atoms with Crippen LogP contribution in [0.25, 0.3) is 21.5 Å². The lowest BCUT2D eigenvalue weighted by molar-refractivity contribution is 0.0997. The molecular weight excluding hydrogens is 418 g/mol. The monoisotopic (exact) mass is 437 g/mol. The summed E-state index contributed by atoms with van der Waals surface area (Å²) in [6.07, 6.45) is 1.80. The standard InChI is InChI=1S/C23H20ClN3O2S/c1-5-10-27-18-11-13(2)14(3)12-19(18)30-23(27)25-22(28)20-15(4)29-26-21(20)16-8-6-7-9-17(16)24/h5-9,11-12H,1,10H2,2-4H3. The Kier molecular flexibility index (Phi) is 5.45. The molecule has 2 heterocycles. The quantitative estimate of drug-likeness (QED) is 0.375. The Labute approximate surface area is 182 Å². The number of hydrogen-bond donors (Lipinski definition) is 0. The third-order valence-electron chi connectivity index (χ3n) is 5.01. The van der Waals surface area contributed by atoms with Crippen LogP contribution < -0.4 is 4.80 Å². The normalized spacial score (nSPS) is 11.9. The first-order valence-corrected chi connectivity index (χ1v) is 10.6. The van der Waals surface area contributed by atoms with E-state index in [0.29, 0.717) is 38.9 Å². The maximum Gasteiger partial charge on any atom is 0.285 e. The van der Waals surface area contributed by atoms with Gasteiger partial charge in [-0.05, 0) is 50.1 Å². The molecule has 0 saturated carbocycles. The Morgan fingerprint density at radius 3 is 2.73 bits per heavy atom. The zero-order valence-corrected chi connectivity index (χ0v) is 18.5. The summed E-state index contributed by atoms with van der Waals surface area (Å²) in [6, 6.07) is 11.5. The molecular formula is C23H20ClN3O2S. The minimum absolute atomic E-state index is 0.318. The van der Waals surface area contributed by atoms with Crippen LogP contribution >= 0.6 is 22.9 Å². The van der Waals surface area contributed by atoms with Crippen molar-refractivity contribution < 1.29 is 9.32 Å². The van der Waals surface area contributed by atoms with E-state index in [1.54, 1.807) is 25.1 Å². The summed E-state index contributed by atoms with van der Waals surface area (Å²) in [4.78, 5) is 18.3. The number of aromatic nitrogens is 2. The third kappa shape index (κ3) is 3.53. The molecule has 152 valence electrons. The van der Waals surface area contributed by atoms with Crippen LogP contribution in [0.15, 0.2) is 58.6 Å². The summed E-state index contributed by atoms with van der Waals surface area (Å²) in [7, 11) is 0. The predicted molar refractivity (Wildman–Crippen MR) is 121 cm³/mol. The van der Waals surface area contributed by atoms with E-state index in [4.69, 9.17) is 16.1 Å². The molecule has 0 saturated heterocycles. The second-order valence-corrected chi connectivity index (χ2v) is 8.46. The fourth-order valence-corrected chi connectivity index (χ4v) is 4.66. The van der Waals surface area contributed by atoms with Crippen molar-refractivity contribution in [3.05, 3.63) is 81.3 Å². The number of allylic oxidation sites excluding steroid dienone is 1. The fraction of sp³-hybridized carbons (Fsp3) is 0.174. The lowest BCUT2D eigenvalue weighted by atomic mass is 10.1. The number of halogens is 1. The van der Waals surface area contributed by atoms with Crippen LogP contribution in [0, 0.1) is 20.8 Å². The van der Waals surface area contributed by atoms with Gasteiger partial charge in [0.1, 0.15) is 17.0 Å². The zero-order valence-electron chi connectivity index (χ0n) is 16.9. The van der Waals surface area contributed by atoms with Gasteiger partial charge in [-0.15, -0.1) is 6.58 Å². The second-order valence-electron chi connectivity index (χ2n) is 7.05. The van der Waals surface area contributed by atoms with Crippen molar-refractivity contribution in [2.75, 3.05) is 0 Å². The van der Waals surface area contributed by atoms with Crippen molar-refractivity contribution in [1.82, 2.24) is 9.72 Å². The number of fused-ring (bicyclic) bond motifs is 1. The van der Waals surface area contributed by atoms with E-state index in [-0.39, 0.29) is 0 Å². The van der Waals surface area contributed by atoms with Gasteiger partial charge < -0.3 is 9.09 Å². The van der Waals surface area contributed by atoms with Crippen LogP contribution in [0.1, 0.15) is 27.2 Å². The average molecular weight is 438 g/mol. The molecule has 30 heavy (non-hydrogen) atoms. The van der Waals surface area contributed by atoms with Gasteiger partial charge >= 0.3 is 0 Å². The molecule has 0 bridgehead atoms. The number of amides is 1. The lowest BCUT2D eigenvalue weighted by Crippen LogP contribution is -2.16. The van der Waals surface area contributed by atoms with Crippen LogP contribution in [-0.2, 0) is 6.54 Å². The number of carbonyl (C=O) groups is 1. The van der Waals surface area contributed by atoms with Gasteiger partial charge in [-0.2, -0.15) is 4.99 Å². The second kappa shape index (κ2) is 8.05. The minimum Gasteiger partial charge on any atom is -0.360 e. The number of rotatable bonds is 4. The lowest BCUT2D eigenvalue weighted by Gasteiger charge is -2.04. The van der Waals surface area contributed by atoms with Crippen LogP contribution in [0.3, 0.4) is 0 Å². The molecule has 0 radical (unpaired) electrons. The smallest absolute Gasteiger partial charge is 0.285 e. The SMILES string of the molecule is C=CCn1c(=NC(=O)c2c(-c3ccccc3Cl)noc2C)sc2cc(C)c(C)cc21. The van der Waals surface area contributed by atoms with Crippen molar-refractivity contribution in [3.63, 3.8) is 0 Å². The Morgan fingerprint density at radius 1 is 1.27 bits per heavy atom. The molecule has 0 aliphatic rings. The van der Waals surface area contributed by atoms with Crippen molar-refractivity contribution in [2.45, 2.75) is 27.3 Å². The first-order valence-electron chi connectivity index (χ1n) is 9.42. The first-order chi connectivity index (χ1) is 14.4. The molecule has 4 rings (SSSR count). The van der Waals surface area contributed by atoms with Crippen molar-refractivity contribution in [3.8, 4) is 11.3 Å². The predicted octanol–water partition coefficient (Wildman–Crippen LogP) is 5.86. The third-order valence-corrected chi connectivity index (χ3v) is 6.38. The molecule has 4 aromatic rings. The van der Waals surface area contributed by atoms with Gasteiger partial charge in [0.15, 0.2) is 4.80 Å². The Balaban J connectivity index is 1.90. The number of carbonyl (C=O) groups excluding carboxylic acids is 1. The Morgan fingerprint density at radius 2 is 2.00 bits per heavy atom. The molecule has 2 aromatic carbocycles. The van der Waals surface area contributed by atoms with E-state index < -0.39 is 5.91 Å². The molecule has 1 amide bonds. The summed E-state index contributed by atoms with van der Waals surface area (Å²) >= 11 is 7.79. The molecule has 0 fully saturated rings. The van der Waals surface area contributed by atoms with Gasteiger partial charge in [-0.3, -0.25) is 4.79 Å². The van der Waals surface area contributed by atoms with E-state index >= 15 is 0 Å². The van der Waals surface area contributed by atoms with Gasteiger partial charge in [-0.25, -0.2) is 0 Å². The van der Waals surface area contributed by atoms with E-state index in [0.717, 1.165) is 10.2 Å². The number of benzene rings is 2. The molecule has 0 N–H and O–H groups in total. The number of aryl methyl sites for hydroxylation is 3. The van der Waals surface area contributed by atoms with Gasteiger partial charge in [0.25, 0.3) is 5.91 Å². The van der Waals surface area contributed by atoms with Crippen molar-refractivity contribution in [2.24, 2.45) is 4.99 Å². The highest BCUT2D eigenvalue weighted by molar-refractivity contribution is 7.16. The van der Waals surface area contributed by atoms with Gasteiger partial charge in [0, 0.05) is 12.1 Å². The highest BCUT2D eigenvalue weighted by Gasteiger charge is 2.23. The maximum atomic E-state index is 13.2. The van der Waals surface area contributed by atoms with E-state index in [1.165, 1.54) is 22.5 Å². The first kappa shape index (κ1) is 20.3. The molecule has 0 spiro atoms. The van der Waals surface area contributed by atoms with Crippen LogP contribution in [0.2, 0.25) is 5.02 Å². The minimum atomic E-state index is -0.415. The average Bonchev–Trinajstić information content (AvgIpc) is 3.24. The summed E-state index contributed by atoms with van der Waals surface area (Å²) in [5.41, 5.74) is 4.77. The van der Waals surface area contributed by atoms with E-state index in [9.17, 15) is 4.79 Å². The summed E-state index contributed by atoms with van der Waals surface area (Å²) in [5, 5.41) is 4.57. The molecule has 2 aromatic heterocycles. The number of hydrogen-bond acceptors (Lipinski definition) is 4. The maximum absolute atomic E-state index is 13.2. The summed E-state index contributed by atoms with van der Waals surface area (Å²) in [5.74, 6) is -0.0109. The van der Waals surface area contributed by atoms with Gasteiger partial charge in [0.2, 0.25) is 0 Å². The number of thiazole rings is 1. The largest absolute Gasteiger partial charge is 0.360 e. The number of nitrogens with zero attached hydrogens (tertiary/aromatic N) is 3. The summed E-state index contributed by atoms with van der Waals surface area (Å²) in [6.45, 7) is 10.2. The molecule has 0 aliphatic carbocycles. The van der Waals surface area contributed by atoms with Crippen molar-refractivity contribution in [1.29, 1.82) is 0 Å². The van der Waals surface area contributed by atoms with Crippen LogP contribution in [0.5, 0.6) is 0 Å². The molecule has 0 unspecified atom stereocenters. The van der Waals surface area contributed by atoms with Crippen LogP contribution in [0.4, 0.5) is 0 Å². The van der Waals surface area contributed by atoms with E-state index in [1.807, 2.05) is 16.7 Å². The highest BCUT2D eigenvalue weighted by atomic mass is 35.5. The topological polar surface area (TPSA) is 60.4 Å². The molecule has 0 aliphatic heterocycles. The molecule has 7 heteroatoms. The Bertz CT molecular complexity index is 1360. The van der Waals surface area contributed by atoms with Gasteiger partial charge in [-0.1, -0.05) is 52.4 Å². The highest BCUT2D eigenvalue weighted by Crippen LogP contribution is 2.31. The Hall–Kier alpha value is -2.96.